The zero-order chi connectivity index (χ0) is 20.9. The van der Waals surface area contributed by atoms with Gasteiger partial charge in [0.25, 0.3) is 5.91 Å². The highest BCUT2D eigenvalue weighted by Gasteiger charge is 2.23. The number of ether oxygens (including phenoxy) is 1. The van der Waals surface area contributed by atoms with Gasteiger partial charge < -0.3 is 10.1 Å². The normalized spacial score (nSPS) is 12.3. The van der Waals surface area contributed by atoms with E-state index in [-0.39, 0.29) is 17.0 Å². The maximum Gasteiger partial charge on any atom is 0.339 e. The SMILES string of the molecule is CCNS(=O)(=O)c1ccc(C)c(C(=O)OC(C)C(=O)Nc2ccccc2Cl)c1. The average molecular weight is 425 g/mol. The average Bonchev–Trinajstić information content (AvgIpc) is 2.63. The van der Waals surface area contributed by atoms with Crippen LogP contribution in [0.25, 0.3) is 0 Å². The van der Waals surface area contributed by atoms with Crippen LogP contribution in [0.3, 0.4) is 0 Å². The Hall–Kier alpha value is -2.42. The molecule has 2 N–H and O–H groups in total. The predicted octanol–water partition coefficient (Wildman–Crippen LogP) is 3.13. The number of halogens is 1. The van der Waals surface area contributed by atoms with Gasteiger partial charge in [0.05, 0.1) is 21.2 Å². The van der Waals surface area contributed by atoms with Crippen molar-refractivity contribution in [2.45, 2.75) is 31.8 Å². The first-order chi connectivity index (χ1) is 13.2. The number of para-hydroxylation sites is 1. The number of benzene rings is 2. The van der Waals surface area contributed by atoms with E-state index < -0.39 is 28.0 Å². The van der Waals surface area contributed by atoms with E-state index in [9.17, 15) is 18.0 Å². The molecule has 0 heterocycles. The summed E-state index contributed by atoms with van der Waals surface area (Å²) in [4.78, 5) is 24.7. The molecule has 28 heavy (non-hydrogen) atoms. The lowest BCUT2D eigenvalue weighted by molar-refractivity contribution is -0.123. The molecule has 1 amide bonds. The molecule has 0 fully saturated rings. The van der Waals surface area contributed by atoms with E-state index in [2.05, 4.69) is 10.0 Å². The van der Waals surface area contributed by atoms with Crippen molar-refractivity contribution < 1.29 is 22.7 Å². The molecular formula is C19H21ClN2O5S. The molecule has 0 radical (unpaired) electrons. The molecule has 7 nitrogen and oxygen atoms in total. The van der Waals surface area contributed by atoms with Gasteiger partial charge >= 0.3 is 5.97 Å². The first-order valence-electron chi connectivity index (χ1n) is 8.52. The highest BCUT2D eigenvalue weighted by atomic mass is 35.5. The molecule has 0 aliphatic rings. The topological polar surface area (TPSA) is 102 Å². The third-order valence-corrected chi connectivity index (χ3v) is 5.73. The molecule has 0 aliphatic carbocycles. The Morgan fingerprint density at radius 3 is 2.50 bits per heavy atom. The van der Waals surface area contributed by atoms with Crippen LogP contribution in [0, 0.1) is 6.92 Å². The molecule has 2 aromatic carbocycles. The summed E-state index contributed by atoms with van der Waals surface area (Å²) >= 11 is 6.00. The fourth-order valence-electron chi connectivity index (χ4n) is 2.34. The predicted molar refractivity (Wildman–Crippen MR) is 107 cm³/mol. The van der Waals surface area contributed by atoms with Crippen molar-refractivity contribution >= 4 is 39.2 Å². The summed E-state index contributed by atoms with van der Waals surface area (Å²) < 4.78 is 31.9. The van der Waals surface area contributed by atoms with Crippen LogP contribution in [0.1, 0.15) is 29.8 Å². The van der Waals surface area contributed by atoms with Gasteiger partial charge in [-0.05, 0) is 43.7 Å². The Morgan fingerprint density at radius 1 is 1.18 bits per heavy atom. The minimum absolute atomic E-state index is 0.0555. The number of hydrogen-bond donors (Lipinski definition) is 2. The molecule has 0 saturated carbocycles. The van der Waals surface area contributed by atoms with Crippen molar-refractivity contribution in [1.82, 2.24) is 4.72 Å². The fourth-order valence-corrected chi connectivity index (χ4v) is 3.59. The maximum absolute atomic E-state index is 12.5. The van der Waals surface area contributed by atoms with Gasteiger partial charge in [-0.1, -0.05) is 36.7 Å². The Morgan fingerprint density at radius 2 is 1.86 bits per heavy atom. The Balaban J connectivity index is 2.15. The zero-order valence-electron chi connectivity index (χ0n) is 15.7. The summed E-state index contributed by atoms with van der Waals surface area (Å²) in [7, 11) is -3.73. The fraction of sp³-hybridized carbons (Fsp3) is 0.263. The quantitative estimate of drug-likeness (QED) is 0.665. The summed E-state index contributed by atoms with van der Waals surface area (Å²) in [5, 5.41) is 2.93. The van der Waals surface area contributed by atoms with Crippen molar-refractivity contribution in [1.29, 1.82) is 0 Å². The largest absolute Gasteiger partial charge is 0.449 e. The summed E-state index contributed by atoms with van der Waals surface area (Å²) in [5.74, 6) is -1.36. The number of aryl methyl sites for hydroxylation is 1. The van der Waals surface area contributed by atoms with Gasteiger partial charge in [-0.2, -0.15) is 0 Å². The Labute approximate surface area is 169 Å². The standard InChI is InChI=1S/C19H21ClN2O5S/c1-4-21-28(25,26)14-10-9-12(2)15(11-14)19(24)27-13(3)18(23)22-17-8-6-5-7-16(17)20/h5-11,13,21H,4H2,1-3H3,(H,22,23). The number of anilines is 1. The molecule has 0 bridgehead atoms. The first kappa shape index (κ1) is 21.9. The van der Waals surface area contributed by atoms with Gasteiger partial charge in [0, 0.05) is 6.54 Å². The molecule has 150 valence electrons. The molecule has 2 rings (SSSR count). The van der Waals surface area contributed by atoms with E-state index in [1.807, 2.05) is 0 Å². The van der Waals surface area contributed by atoms with Gasteiger partial charge in [0.1, 0.15) is 0 Å². The number of amides is 1. The van der Waals surface area contributed by atoms with Crippen LogP contribution in [0.5, 0.6) is 0 Å². The highest BCUT2D eigenvalue weighted by molar-refractivity contribution is 7.89. The zero-order valence-corrected chi connectivity index (χ0v) is 17.2. The van der Waals surface area contributed by atoms with Crippen molar-refractivity contribution in [2.75, 3.05) is 11.9 Å². The Kier molecular flexibility index (Phi) is 7.17. The molecule has 0 aromatic heterocycles. The van der Waals surface area contributed by atoms with Gasteiger partial charge in [-0.25, -0.2) is 17.9 Å². The van der Waals surface area contributed by atoms with Crippen LogP contribution >= 0.6 is 11.6 Å². The van der Waals surface area contributed by atoms with Crippen LogP contribution in [0.2, 0.25) is 5.02 Å². The molecule has 0 spiro atoms. The number of rotatable bonds is 7. The maximum atomic E-state index is 12.5. The number of esters is 1. The Bertz CT molecular complexity index is 992. The molecule has 1 unspecified atom stereocenters. The number of hydrogen-bond acceptors (Lipinski definition) is 5. The minimum Gasteiger partial charge on any atom is -0.449 e. The van der Waals surface area contributed by atoms with E-state index in [0.29, 0.717) is 16.3 Å². The smallest absolute Gasteiger partial charge is 0.339 e. The number of carbonyl (C=O) groups excluding carboxylic acids is 2. The molecule has 2 aromatic rings. The van der Waals surface area contributed by atoms with E-state index in [4.69, 9.17) is 16.3 Å². The molecule has 0 aliphatic heterocycles. The van der Waals surface area contributed by atoms with E-state index in [0.717, 1.165) is 0 Å². The van der Waals surface area contributed by atoms with E-state index in [1.54, 1.807) is 38.1 Å². The molecule has 9 heteroatoms. The summed E-state index contributed by atoms with van der Waals surface area (Å²) in [6.07, 6.45) is -1.11. The minimum atomic E-state index is -3.73. The van der Waals surface area contributed by atoms with Crippen molar-refractivity contribution in [3.63, 3.8) is 0 Å². The summed E-state index contributed by atoms with van der Waals surface area (Å²) in [6, 6.07) is 10.8. The van der Waals surface area contributed by atoms with E-state index >= 15 is 0 Å². The van der Waals surface area contributed by atoms with Gasteiger partial charge in [-0.3, -0.25) is 4.79 Å². The van der Waals surface area contributed by atoms with Crippen molar-refractivity contribution in [3.05, 3.63) is 58.6 Å². The molecule has 1 atom stereocenters. The van der Waals surface area contributed by atoms with Crippen LogP contribution in [-0.4, -0.2) is 32.9 Å². The van der Waals surface area contributed by atoms with Crippen LogP contribution < -0.4 is 10.0 Å². The molecular weight excluding hydrogens is 404 g/mol. The lowest BCUT2D eigenvalue weighted by Crippen LogP contribution is -2.30. The summed E-state index contributed by atoms with van der Waals surface area (Å²) in [5.41, 5.74) is 0.988. The van der Waals surface area contributed by atoms with Gasteiger partial charge in [0.15, 0.2) is 6.10 Å². The van der Waals surface area contributed by atoms with Crippen LogP contribution in [0.4, 0.5) is 5.69 Å². The third kappa shape index (κ3) is 5.31. The second-order valence-corrected chi connectivity index (χ2v) is 8.17. The van der Waals surface area contributed by atoms with Crippen molar-refractivity contribution in [3.8, 4) is 0 Å². The molecule has 0 saturated heterocycles. The second-order valence-electron chi connectivity index (χ2n) is 5.99. The van der Waals surface area contributed by atoms with E-state index in [1.165, 1.54) is 25.1 Å². The second kappa shape index (κ2) is 9.18. The van der Waals surface area contributed by atoms with Gasteiger partial charge in [0.2, 0.25) is 10.0 Å². The van der Waals surface area contributed by atoms with Crippen LogP contribution in [-0.2, 0) is 19.6 Å². The number of carbonyl (C=O) groups is 2. The third-order valence-electron chi connectivity index (χ3n) is 3.86. The van der Waals surface area contributed by atoms with Crippen molar-refractivity contribution in [2.24, 2.45) is 0 Å². The number of sulfonamides is 1. The first-order valence-corrected chi connectivity index (χ1v) is 10.4. The lowest BCUT2D eigenvalue weighted by atomic mass is 10.1. The monoisotopic (exact) mass is 424 g/mol. The van der Waals surface area contributed by atoms with Crippen LogP contribution in [0.15, 0.2) is 47.4 Å². The highest BCUT2D eigenvalue weighted by Crippen LogP contribution is 2.21. The lowest BCUT2D eigenvalue weighted by Gasteiger charge is -2.15. The van der Waals surface area contributed by atoms with Gasteiger partial charge in [-0.15, -0.1) is 0 Å². The summed E-state index contributed by atoms with van der Waals surface area (Å²) in [6.45, 7) is 4.93. The number of nitrogens with one attached hydrogen (secondary N) is 2.